The molecular weight excluding hydrogens is 206 g/mol. The van der Waals surface area contributed by atoms with Gasteiger partial charge in [-0.15, -0.1) is 0 Å². The number of aliphatic hydroxyl groups excluding tert-OH is 6. The molecule has 94 valence electrons. The van der Waals surface area contributed by atoms with Gasteiger partial charge in [-0.1, -0.05) is 0 Å². The van der Waals surface area contributed by atoms with Crippen LogP contribution in [0.5, 0.6) is 0 Å². The van der Waals surface area contributed by atoms with Crippen LogP contribution in [0.4, 0.5) is 0 Å². The fourth-order valence-corrected chi connectivity index (χ4v) is 0.323. The van der Waals surface area contributed by atoms with E-state index >= 15 is 0 Å². The largest absolute Gasteiger partial charge is 0.396 e. The molecule has 0 aliphatic rings. The Balaban J connectivity index is 0. The minimum Gasteiger partial charge on any atom is -0.396 e. The van der Waals surface area contributed by atoms with Crippen molar-refractivity contribution in [2.75, 3.05) is 39.6 Å². The first-order valence-electron chi connectivity index (χ1n) is 4.47. The first-order chi connectivity index (χ1) is 7.03. The van der Waals surface area contributed by atoms with Gasteiger partial charge in [-0.25, -0.2) is 0 Å². The lowest BCUT2D eigenvalue weighted by Crippen LogP contribution is -2.50. The van der Waals surface area contributed by atoms with E-state index in [1.165, 1.54) is 0 Å². The van der Waals surface area contributed by atoms with Gasteiger partial charge in [-0.2, -0.15) is 0 Å². The molecule has 0 amide bonds. The molecule has 0 aliphatic carbocycles. The SMILES string of the molecule is NC(CO)(CO)CO.OCC(CO)CO. The van der Waals surface area contributed by atoms with Crippen molar-refractivity contribution < 1.29 is 30.6 Å². The van der Waals surface area contributed by atoms with Crippen LogP contribution in [0, 0.1) is 5.92 Å². The van der Waals surface area contributed by atoms with Gasteiger partial charge in [0.05, 0.1) is 45.2 Å². The average Bonchev–Trinajstić information content (AvgIpc) is 2.31. The van der Waals surface area contributed by atoms with Crippen LogP contribution < -0.4 is 5.73 Å². The zero-order valence-corrected chi connectivity index (χ0v) is 8.58. The molecule has 0 bridgehead atoms. The molecule has 0 heterocycles. The van der Waals surface area contributed by atoms with Crippen LogP contribution in [0.1, 0.15) is 0 Å². The second-order valence-corrected chi connectivity index (χ2v) is 3.25. The van der Waals surface area contributed by atoms with E-state index in [9.17, 15) is 0 Å². The molecule has 0 saturated heterocycles. The summed E-state index contributed by atoms with van der Waals surface area (Å²) in [6.45, 7) is -1.65. The minimum atomic E-state index is -1.21. The molecule has 0 unspecified atom stereocenters. The highest BCUT2D eigenvalue weighted by Crippen LogP contribution is 1.93. The van der Waals surface area contributed by atoms with Crippen LogP contribution in [0.15, 0.2) is 0 Å². The van der Waals surface area contributed by atoms with Crippen LogP contribution in [0.2, 0.25) is 0 Å². The van der Waals surface area contributed by atoms with Gasteiger partial charge in [0.1, 0.15) is 0 Å². The van der Waals surface area contributed by atoms with E-state index in [4.69, 9.17) is 36.4 Å². The van der Waals surface area contributed by atoms with Gasteiger partial charge in [0.25, 0.3) is 0 Å². The third kappa shape index (κ3) is 8.70. The maximum absolute atomic E-state index is 8.34. The van der Waals surface area contributed by atoms with Crippen LogP contribution in [-0.4, -0.2) is 75.8 Å². The third-order valence-electron chi connectivity index (χ3n) is 1.72. The Bertz CT molecular complexity index is 113. The van der Waals surface area contributed by atoms with E-state index in [2.05, 4.69) is 0 Å². The maximum atomic E-state index is 8.34. The summed E-state index contributed by atoms with van der Waals surface area (Å²) in [5.74, 6) is -0.347. The molecule has 0 radical (unpaired) electrons. The normalized spacial score (nSPS) is 11.2. The highest BCUT2D eigenvalue weighted by atomic mass is 16.3. The predicted octanol–water partition coefficient (Wildman–Crippen LogP) is -3.76. The Morgan fingerprint density at radius 2 is 1.00 bits per heavy atom. The summed E-state index contributed by atoms with van der Waals surface area (Å²) < 4.78 is 0. The molecule has 0 aromatic carbocycles. The summed E-state index contributed by atoms with van der Waals surface area (Å²) in [4.78, 5) is 0. The summed E-state index contributed by atoms with van der Waals surface area (Å²) in [7, 11) is 0. The quantitative estimate of drug-likeness (QED) is 0.246. The van der Waals surface area contributed by atoms with Crippen LogP contribution in [0.3, 0.4) is 0 Å². The van der Waals surface area contributed by atoms with Crippen LogP contribution >= 0.6 is 0 Å². The van der Waals surface area contributed by atoms with Gasteiger partial charge in [-0.05, 0) is 0 Å². The van der Waals surface area contributed by atoms with Crippen LogP contribution in [0.25, 0.3) is 0 Å². The van der Waals surface area contributed by atoms with E-state index in [0.717, 1.165) is 0 Å². The van der Waals surface area contributed by atoms with Crippen LogP contribution in [-0.2, 0) is 0 Å². The molecule has 0 aromatic heterocycles. The molecule has 0 saturated carbocycles. The highest BCUT2D eigenvalue weighted by molar-refractivity contribution is 4.80. The summed E-state index contributed by atoms with van der Waals surface area (Å²) in [6, 6.07) is 0. The first-order valence-corrected chi connectivity index (χ1v) is 4.47. The Morgan fingerprint density at radius 3 is 1.00 bits per heavy atom. The van der Waals surface area contributed by atoms with Crippen molar-refractivity contribution in [3.8, 4) is 0 Å². The average molecular weight is 227 g/mol. The lowest BCUT2D eigenvalue weighted by Gasteiger charge is -2.20. The van der Waals surface area contributed by atoms with Crippen molar-refractivity contribution in [2.45, 2.75) is 5.54 Å². The van der Waals surface area contributed by atoms with Crippen molar-refractivity contribution >= 4 is 0 Å². The van der Waals surface area contributed by atoms with Crippen molar-refractivity contribution in [1.82, 2.24) is 0 Å². The molecule has 0 fully saturated rings. The van der Waals surface area contributed by atoms with Crippen molar-refractivity contribution in [1.29, 1.82) is 0 Å². The predicted molar refractivity (Wildman–Crippen MR) is 52.9 cm³/mol. The lowest BCUT2D eigenvalue weighted by molar-refractivity contribution is 0.0697. The summed E-state index contributed by atoms with van der Waals surface area (Å²) in [5, 5.41) is 49.6. The van der Waals surface area contributed by atoms with Gasteiger partial charge in [-0.3, -0.25) is 0 Å². The molecule has 0 spiro atoms. The fourth-order valence-electron chi connectivity index (χ4n) is 0.323. The zero-order valence-electron chi connectivity index (χ0n) is 8.58. The van der Waals surface area contributed by atoms with E-state index in [1.54, 1.807) is 0 Å². The van der Waals surface area contributed by atoms with Crippen molar-refractivity contribution in [3.63, 3.8) is 0 Å². The van der Waals surface area contributed by atoms with Gasteiger partial charge < -0.3 is 36.4 Å². The first kappa shape index (κ1) is 17.1. The summed E-state index contributed by atoms with van der Waals surface area (Å²) in [6.07, 6.45) is 0. The van der Waals surface area contributed by atoms with E-state index < -0.39 is 25.4 Å². The number of hydrogen-bond donors (Lipinski definition) is 7. The smallest absolute Gasteiger partial charge is 0.0856 e. The summed E-state index contributed by atoms with van der Waals surface area (Å²) >= 11 is 0. The topological polar surface area (TPSA) is 147 Å². The second kappa shape index (κ2) is 10.2. The Morgan fingerprint density at radius 1 is 0.733 bits per heavy atom. The molecule has 8 N–H and O–H groups in total. The molecule has 0 rings (SSSR count). The van der Waals surface area contributed by atoms with E-state index in [1.807, 2.05) is 0 Å². The Kier molecular flexibility index (Phi) is 11.7. The number of nitrogens with two attached hydrogens (primary N) is 1. The van der Waals surface area contributed by atoms with Crippen molar-refractivity contribution in [3.05, 3.63) is 0 Å². The molecular formula is C8H21NO6. The van der Waals surface area contributed by atoms with E-state index in [0.29, 0.717) is 0 Å². The van der Waals surface area contributed by atoms with Crippen molar-refractivity contribution in [2.24, 2.45) is 11.7 Å². The standard InChI is InChI=1S/C4H11NO3.C4H10O3/c5-4(1-6,2-7)3-8;5-1-4(2-6)3-7/h6-8H,1-3,5H2;4-7H,1-3H2. The van der Waals surface area contributed by atoms with Gasteiger partial charge in [0, 0.05) is 5.92 Å². The second-order valence-electron chi connectivity index (χ2n) is 3.25. The Hall–Kier alpha value is -0.280. The summed E-state index contributed by atoms with van der Waals surface area (Å²) in [5.41, 5.74) is 3.94. The number of rotatable bonds is 6. The molecule has 7 heteroatoms. The monoisotopic (exact) mass is 227 g/mol. The third-order valence-corrected chi connectivity index (χ3v) is 1.72. The molecule has 15 heavy (non-hydrogen) atoms. The molecule has 0 atom stereocenters. The maximum Gasteiger partial charge on any atom is 0.0856 e. The zero-order chi connectivity index (χ0) is 12.3. The number of hydrogen-bond acceptors (Lipinski definition) is 7. The van der Waals surface area contributed by atoms with Gasteiger partial charge in [0.15, 0.2) is 0 Å². The van der Waals surface area contributed by atoms with Gasteiger partial charge in [0.2, 0.25) is 0 Å². The highest BCUT2D eigenvalue weighted by Gasteiger charge is 2.20. The molecule has 0 aliphatic heterocycles. The lowest BCUT2D eigenvalue weighted by atomic mass is 10.1. The van der Waals surface area contributed by atoms with Gasteiger partial charge >= 0.3 is 0 Å². The molecule has 0 aromatic rings. The molecule has 7 nitrogen and oxygen atoms in total. The fraction of sp³-hybridized carbons (Fsp3) is 1.00. The minimum absolute atomic E-state index is 0.146. The Labute approximate surface area is 88.4 Å². The number of aliphatic hydroxyl groups is 6. The van der Waals surface area contributed by atoms with E-state index in [-0.39, 0.29) is 25.7 Å².